The summed E-state index contributed by atoms with van der Waals surface area (Å²) < 4.78 is 0. The molecule has 2 unspecified atom stereocenters. The minimum absolute atomic E-state index is 0.117. The van der Waals surface area contributed by atoms with Crippen molar-refractivity contribution in [3.05, 3.63) is 34.9 Å². The number of nitrogens with zero attached hydrogens (tertiary/aromatic N) is 1. The molecule has 4 atom stereocenters. The second kappa shape index (κ2) is 6.03. The van der Waals surface area contributed by atoms with Crippen molar-refractivity contribution in [2.45, 2.75) is 62.5 Å². The van der Waals surface area contributed by atoms with Crippen LogP contribution in [0.15, 0.2) is 24.3 Å². The molecule has 1 N–H and O–H groups in total. The number of likely N-dealkylation sites (N-methyl/N-ethyl adjacent to an activating group) is 1. The van der Waals surface area contributed by atoms with E-state index in [1.54, 1.807) is 0 Å². The van der Waals surface area contributed by atoms with Crippen LogP contribution >= 0.6 is 11.6 Å². The summed E-state index contributed by atoms with van der Waals surface area (Å²) in [4.78, 5) is 15.4. The van der Waals surface area contributed by atoms with Gasteiger partial charge in [-0.2, -0.15) is 0 Å². The van der Waals surface area contributed by atoms with E-state index in [1.165, 1.54) is 0 Å². The lowest BCUT2D eigenvalue weighted by Gasteiger charge is -2.44. The van der Waals surface area contributed by atoms with E-state index < -0.39 is 0 Å². The van der Waals surface area contributed by atoms with Gasteiger partial charge in [0.1, 0.15) is 0 Å². The Morgan fingerprint density at radius 3 is 2.21 bits per heavy atom. The van der Waals surface area contributed by atoms with Crippen LogP contribution in [0.25, 0.3) is 0 Å². The van der Waals surface area contributed by atoms with Crippen molar-refractivity contribution >= 4 is 17.5 Å². The maximum atomic E-state index is 13.3. The van der Waals surface area contributed by atoms with Crippen LogP contribution in [0.4, 0.5) is 0 Å². The van der Waals surface area contributed by atoms with Gasteiger partial charge in [-0.1, -0.05) is 30.2 Å². The molecule has 3 fully saturated rings. The molecule has 3 saturated carbocycles. The van der Waals surface area contributed by atoms with Crippen molar-refractivity contribution in [2.24, 2.45) is 11.8 Å². The van der Waals surface area contributed by atoms with Gasteiger partial charge in [-0.25, -0.2) is 0 Å². The minimum atomic E-state index is -0.337. The molecule has 4 rings (SSSR count). The molecule has 1 aromatic carbocycles. The third kappa shape index (κ3) is 2.57. The molecule has 3 aliphatic carbocycles. The maximum Gasteiger partial charge on any atom is 0.233 e. The number of benzene rings is 1. The number of carbonyl (C=O) groups excluding carboxylic acids is 1. The lowest BCUT2D eigenvalue weighted by Crippen LogP contribution is -2.52. The Labute approximate surface area is 149 Å². The molecule has 24 heavy (non-hydrogen) atoms. The molecule has 130 valence electrons. The smallest absolute Gasteiger partial charge is 0.233 e. The Balaban J connectivity index is 1.51. The molecule has 0 heterocycles. The number of fused-ring (bicyclic) bond motifs is 1. The topological polar surface area (TPSA) is 40.5 Å². The standard InChI is InChI=1S/C20H26ClNO2/c1-22(17-9-13-11-18(23)12-14(13)10-17)19(24)20(7-2-8-20)15-3-5-16(21)6-4-15/h3-6,13-14,17-18,23H,2,7-12H2,1H3/t13-,14+,17?,18?. The van der Waals surface area contributed by atoms with Gasteiger partial charge < -0.3 is 10.0 Å². The Morgan fingerprint density at radius 2 is 1.71 bits per heavy atom. The first-order valence-corrected chi connectivity index (χ1v) is 9.59. The predicted molar refractivity (Wildman–Crippen MR) is 95.0 cm³/mol. The molecule has 4 heteroatoms. The van der Waals surface area contributed by atoms with E-state index in [0.717, 1.165) is 55.5 Å². The first-order valence-electron chi connectivity index (χ1n) is 9.21. The molecule has 0 saturated heterocycles. The first-order chi connectivity index (χ1) is 11.5. The minimum Gasteiger partial charge on any atom is -0.393 e. The van der Waals surface area contributed by atoms with Crippen molar-refractivity contribution in [3.63, 3.8) is 0 Å². The Hall–Kier alpha value is -1.06. The van der Waals surface area contributed by atoms with Gasteiger partial charge in [0.15, 0.2) is 0 Å². The average Bonchev–Trinajstić information content (AvgIpc) is 3.04. The Kier molecular flexibility index (Phi) is 4.12. The number of carbonyl (C=O) groups is 1. The predicted octanol–water partition coefficient (Wildman–Crippen LogP) is 3.77. The van der Waals surface area contributed by atoms with E-state index >= 15 is 0 Å². The Morgan fingerprint density at radius 1 is 1.12 bits per heavy atom. The summed E-state index contributed by atoms with van der Waals surface area (Å²) in [6.45, 7) is 0. The quantitative estimate of drug-likeness (QED) is 0.904. The molecule has 1 amide bonds. The van der Waals surface area contributed by atoms with E-state index in [9.17, 15) is 9.90 Å². The molecule has 1 aromatic rings. The van der Waals surface area contributed by atoms with Crippen LogP contribution in [0, 0.1) is 11.8 Å². The Bertz CT molecular complexity index is 611. The summed E-state index contributed by atoms with van der Waals surface area (Å²) in [6, 6.07) is 8.17. The molecule has 3 aliphatic rings. The average molecular weight is 348 g/mol. The number of hydrogen-bond acceptors (Lipinski definition) is 2. The zero-order valence-corrected chi connectivity index (χ0v) is 15.0. The molecule has 0 aliphatic heterocycles. The van der Waals surface area contributed by atoms with Crippen molar-refractivity contribution in [2.75, 3.05) is 7.05 Å². The van der Waals surface area contributed by atoms with E-state index in [0.29, 0.717) is 17.9 Å². The van der Waals surface area contributed by atoms with Crippen LogP contribution in [0.3, 0.4) is 0 Å². The highest BCUT2D eigenvalue weighted by Gasteiger charge is 2.50. The number of amides is 1. The molecular weight excluding hydrogens is 322 g/mol. The zero-order chi connectivity index (χ0) is 16.9. The molecule has 0 aromatic heterocycles. The van der Waals surface area contributed by atoms with E-state index in [2.05, 4.69) is 0 Å². The highest BCUT2D eigenvalue weighted by Crippen LogP contribution is 2.49. The van der Waals surface area contributed by atoms with Crippen molar-refractivity contribution < 1.29 is 9.90 Å². The van der Waals surface area contributed by atoms with Crippen LogP contribution in [0.5, 0.6) is 0 Å². The fraction of sp³-hybridized carbons (Fsp3) is 0.650. The lowest BCUT2D eigenvalue weighted by atomic mass is 9.63. The maximum absolute atomic E-state index is 13.3. The number of halogens is 1. The van der Waals surface area contributed by atoms with Crippen LogP contribution in [-0.2, 0) is 10.2 Å². The summed E-state index contributed by atoms with van der Waals surface area (Å²) in [5.41, 5.74) is 0.778. The summed E-state index contributed by atoms with van der Waals surface area (Å²) in [5.74, 6) is 1.49. The van der Waals surface area contributed by atoms with Gasteiger partial charge in [-0.3, -0.25) is 4.79 Å². The van der Waals surface area contributed by atoms with Crippen LogP contribution in [-0.4, -0.2) is 35.1 Å². The van der Waals surface area contributed by atoms with E-state index in [1.807, 2.05) is 36.2 Å². The molecule has 0 bridgehead atoms. The van der Waals surface area contributed by atoms with Crippen LogP contribution in [0.2, 0.25) is 5.02 Å². The molecular formula is C20H26ClNO2. The third-order valence-electron chi connectivity index (χ3n) is 6.85. The SMILES string of the molecule is CN(C(=O)C1(c2ccc(Cl)cc2)CCC1)C1C[C@H]2CC(O)C[C@H]2C1. The third-order valence-corrected chi connectivity index (χ3v) is 7.10. The molecule has 3 nitrogen and oxygen atoms in total. The van der Waals surface area contributed by atoms with Gasteiger partial charge >= 0.3 is 0 Å². The van der Waals surface area contributed by atoms with Gasteiger partial charge in [0.25, 0.3) is 0 Å². The summed E-state index contributed by atoms with van der Waals surface area (Å²) in [6.07, 6.45) is 6.84. The molecule has 0 radical (unpaired) electrons. The number of hydrogen-bond donors (Lipinski definition) is 1. The lowest BCUT2D eigenvalue weighted by molar-refractivity contribution is -0.141. The van der Waals surface area contributed by atoms with E-state index in [4.69, 9.17) is 11.6 Å². The number of aliphatic hydroxyl groups excluding tert-OH is 1. The van der Waals surface area contributed by atoms with Gasteiger partial charge in [-0.15, -0.1) is 0 Å². The molecule has 0 spiro atoms. The van der Waals surface area contributed by atoms with Gasteiger partial charge in [0.05, 0.1) is 11.5 Å². The van der Waals surface area contributed by atoms with Gasteiger partial charge in [0.2, 0.25) is 5.91 Å². The first kappa shape index (κ1) is 16.4. The van der Waals surface area contributed by atoms with Crippen molar-refractivity contribution in [3.8, 4) is 0 Å². The van der Waals surface area contributed by atoms with Crippen LogP contribution < -0.4 is 0 Å². The van der Waals surface area contributed by atoms with E-state index in [-0.39, 0.29) is 17.4 Å². The van der Waals surface area contributed by atoms with Crippen molar-refractivity contribution in [1.29, 1.82) is 0 Å². The fourth-order valence-corrected chi connectivity index (χ4v) is 5.42. The summed E-state index contributed by atoms with van der Waals surface area (Å²) in [7, 11) is 1.99. The largest absolute Gasteiger partial charge is 0.393 e. The van der Waals surface area contributed by atoms with Crippen LogP contribution in [0.1, 0.15) is 50.5 Å². The fourth-order valence-electron chi connectivity index (χ4n) is 5.30. The monoisotopic (exact) mass is 347 g/mol. The second-order valence-electron chi connectivity index (χ2n) is 8.13. The number of rotatable bonds is 3. The summed E-state index contributed by atoms with van der Waals surface area (Å²) >= 11 is 6.02. The zero-order valence-electron chi connectivity index (χ0n) is 14.2. The van der Waals surface area contributed by atoms with Crippen molar-refractivity contribution in [1.82, 2.24) is 4.90 Å². The summed E-state index contributed by atoms with van der Waals surface area (Å²) in [5, 5.41) is 10.5. The number of aliphatic hydroxyl groups is 1. The second-order valence-corrected chi connectivity index (χ2v) is 8.57. The highest BCUT2D eigenvalue weighted by molar-refractivity contribution is 6.30. The van der Waals surface area contributed by atoms with Gasteiger partial charge in [-0.05, 0) is 68.1 Å². The van der Waals surface area contributed by atoms with Gasteiger partial charge in [0, 0.05) is 18.1 Å². The highest BCUT2D eigenvalue weighted by atomic mass is 35.5. The normalized spacial score (nSPS) is 33.8.